The van der Waals surface area contributed by atoms with E-state index in [1.165, 1.54) is 11.9 Å². The first-order valence-corrected chi connectivity index (χ1v) is 8.40. The van der Waals surface area contributed by atoms with E-state index >= 15 is 0 Å². The summed E-state index contributed by atoms with van der Waals surface area (Å²) >= 11 is 0. The molecule has 7 nitrogen and oxygen atoms in total. The molecule has 134 valence electrons. The van der Waals surface area contributed by atoms with E-state index in [-0.39, 0.29) is 12.3 Å². The zero-order valence-corrected chi connectivity index (χ0v) is 14.8. The predicted molar refractivity (Wildman–Crippen MR) is 97.0 cm³/mol. The van der Waals surface area contributed by atoms with Gasteiger partial charge in [0.25, 0.3) is 0 Å². The molecule has 26 heavy (non-hydrogen) atoms. The van der Waals surface area contributed by atoms with Gasteiger partial charge in [-0.15, -0.1) is 0 Å². The van der Waals surface area contributed by atoms with Crippen molar-refractivity contribution in [3.8, 4) is 11.6 Å². The third kappa shape index (κ3) is 4.24. The van der Waals surface area contributed by atoms with E-state index in [2.05, 4.69) is 20.4 Å². The van der Waals surface area contributed by atoms with Gasteiger partial charge in [0.15, 0.2) is 5.82 Å². The summed E-state index contributed by atoms with van der Waals surface area (Å²) in [7, 11) is 0. The van der Waals surface area contributed by atoms with Crippen LogP contribution in [0.25, 0.3) is 5.82 Å². The number of rotatable bonds is 7. The summed E-state index contributed by atoms with van der Waals surface area (Å²) in [5, 5.41) is 6.98. The van der Waals surface area contributed by atoms with E-state index in [0.717, 1.165) is 16.9 Å². The number of hydrogen-bond donors (Lipinski definition) is 1. The van der Waals surface area contributed by atoms with Crippen LogP contribution in [0.1, 0.15) is 23.1 Å². The van der Waals surface area contributed by atoms with E-state index in [0.29, 0.717) is 19.0 Å². The highest BCUT2D eigenvalue weighted by Crippen LogP contribution is 2.20. The standard InChI is InChI=1S/C19H21N5O2/c1-14-5-3-7-17(15(14)2)26-10-8-18(25)22-11-16-6-4-9-21-19(16)24-13-20-12-23-24/h3-7,9,12-13H,8,10-11H2,1-2H3,(H,22,25). The average Bonchev–Trinajstić information content (AvgIpc) is 3.18. The van der Waals surface area contributed by atoms with Crippen molar-refractivity contribution in [2.75, 3.05) is 6.61 Å². The molecule has 0 saturated carbocycles. The molecule has 0 unspecified atom stereocenters. The number of hydrogen-bond acceptors (Lipinski definition) is 5. The number of nitrogens with one attached hydrogen (secondary N) is 1. The molecular formula is C19H21N5O2. The molecule has 0 spiro atoms. The summed E-state index contributed by atoms with van der Waals surface area (Å²) in [4.78, 5) is 20.3. The zero-order chi connectivity index (χ0) is 18.4. The lowest BCUT2D eigenvalue weighted by molar-refractivity contribution is -0.121. The molecule has 0 aliphatic carbocycles. The number of pyridine rings is 1. The highest BCUT2D eigenvalue weighted by atomic mass is 16.5. The fourth-order valence-electron chi connectivity index (χ4n) is 2.51. The smallest absolute Gasteiger partial charge is 0.223 e. The second-order valence-corrected chi connectivity index (χ2v) is 5.90. The highest BCUT2D eigenvalue weighted by Gasteiger charge is 2.09. The van der Waals surface area contributed by atoms with Crippen LogP contribution in [0, 0.1) is 13.8 Å². The normalized spacial score (nSPS) is 10.5. The van der Waals surface area contributed by atoms with Crippen molar-refractivity contribution in [2.24, 2.45) is 0 Å². The van der Waals surface area contributed by atoms with E-state index in [1.54, 1.807) is 17.2 Å². The third-order valence-corrected chi connectivity index (χ3v) is 4.12. The maximum Gasteiger partial charge on any atom is 0.223 e. The SMILES string of the molecule is Cc1cccc(OCCC(=O)NCc2cccnc2-n2cncn2)c1C. The Kier molecular flexibility index (Phi) is 5.58. The molecule has 1 amide bonds. The van der Waals surface area contributed by atoms with Crippen LogP contribution in [0.4, 0.5) is 0 Å². The Morgan fingerprint density at radius 2 is 2.12 bits per heavy atom. The van der Waals surface area contributed by atoms with Crippen LogP contribution in [0.5, 0.6) is 5.75 Å². The van der Waals surface area contributed by atoms with Crippen molar-refractivity contribution < 1.29 is 9.53 Å². The molecule has 0 fully saturated rings. The van der Waals surface area contributed by atoms with Crippen LogP contribution in [0.2, 0.25) is 0 Å². The van der Waals surface area contributed by atoms with Crippen LogP contribution in [0.3, 0.4) is 0 Å². The monoisotopic (exact) mass is 351 g/mol. The Morgan fingerprint density at radius 1 is 1.23 bits per heavy atom. The summed E-state index contributed by atoms with van der Waals surface area (Å²) < 4.78 is 7.30. The average molecular weight is 351 g/mol. The van der Waals surface area contributed by atoms with Crippen molar-refractivity contribution in [3.63, 3.8) is 0 Å². The molecular weight excluding hydrogens is 330 g/mol. The Labute approximate surface area is 152 Å². The predicted octanol–water partition coefficient (Wildman–Crippen LogP) is 2.36. The lowest BCUT2D eigenvalue weighted by Gasteiger charge is -2.12. The second-order valence-electron chi connectivity index (χ2n) is 5.90. The zero-order valence-electron chi connectivity index (χ0n) is 14.8. The fourth-order valence-corrected chi connectivity index (χ4v) is 2.51. The summed E-state index contributed by atoms with van der Waals surface area (Å²) in [6.45, 7) is 4.75. The van der Waals surface area contributed by atoms with Gasteiger partial charge in [0.05, 0.1) is 13.0 Å². The van der Waals surface area contributed by atoms with Gasteiger partial charge in [-0.05, 0) is 37.1 Å². The first kappa shape index (κ1) is 17.6. The minimum atomic E-state index is -0.0799. The van der Waals surface area contributed by atoms with Crippen LogP contribution >= 0.6 is 0 Å². The second kappa shape index (κ2) is 8.24. The first-order chi connectivity index (χ1) is 12.6. The number of amides is 1. The van der Waals surface area contributed by atoms with Crippen LogP contribution < -0.4 is 10.1 Å². The van der Waals surface area contributed by atoms with Gasteiger partial charge in [-0.1, -0.05) is 18.2 Å². The molecule has 7 heteroatoms. The van der Waals surface area contributed by atoms with E-state index in [4.69, 9.17) is 4.74 Å². The maximum atomic E-state index is 12.1. The molecule has 0 radical (unpaired) electrons. The number of carbonyl (C=O) groups excluding carboxylic acids is 1. The quantitative estimate of drug-likeness (QED) is 0.707. The highest BCUT2D eigenvalue weighted by molar-refractivity contribution is 5.76. The van der Waals surface area contributed by atoms with Crippen LogP contribution in [-0.2, 0) is 11.3 Å². The molecule has 0 aliphatic heterocycles. The lowest BCUT2D eigenvalue weighted by atomic mass is 10.1. The Hall–Kier alpha value is -3.22. The van der Waals surface area contributed by atoms with Gasteiger partial charge >= 0.3 is 0 Å². The summed E-state index contributed by atoms with van der Waals surface area (Å²) in [6.07, 6.45) is 4.99. The number of aromatic nitrogens is 4. The van der Waals surface area contributed by atoms with Crippen LogP contribution in [0.15, 0.2) is 49.2 Å². The molecule has 0 atom stereocenters. The largest absolute Gasteiger partial charge is 0.493 e. The van der Waals surface area contributed by atoms with Gasteiger partial charge in [0, 0.05) is 18.3 Å². The molecule has 3 rings (SSSR count). The lowest BCUT2D eigenvalue weighted by Crippen LogP contribution is -2.25. The number of benzene rings is 1. The van der Waals surface area contributed by atoms with Gasteiger partial charge in [-0.2, -0.15) is 5.10 Å². The molecule has 0 bridgehead atoms. The van der Waals surface area contributed by atoms with Crippen molar-refractivity contribution in [2.45, 2.75) is 26.8 Å². The van der Waals surface area contributed by atoms with Crippen molar-refractivity contribution in [1.29, 1.82) is 0 Å². The Morgan fingerprint density at radius 3 is 2.92 bits per heavy atom. The molecule has 1 N–H and O–H groups in total. The first-order valence-electron chi connectivity index (χ1n) is 8.40. The summed E-state index contributed by atoms with van der Waals surface area (Å²) in [6, 6.07) is 9.63. The van der Waals surface area contributed by atoms with E-state index in [1.807, 2.05) is 44.2 Å². The van der Waals surface area contributed by atoms with Crippen LogP contribution in [-0.4, -0.2) is 32.3 Å². The fraction of sp³-hybridized carbons (Fsp3) is 0.263. The summed E-state index contributed by atoms with van der Waals surface area (Å²) in [5.41, 5.74) is 3.13. The van der Waals surface area contributed by atoms with Crippen molar-refractivity contribution >= 4 is 5.91 Å². The maximum absolute atomic E-state index is 12.1. The minimum absolute atomic E-state index is 0.0799. The number of carbonyl (C=O) groups is 1. The molecule has 0 aliphatic rings. The van der Waals surface area contributed by atoms with Gasteiger partial charge < -0.3 is 10.1 Å². The topological polar surface area (TPSA) is 81.9 Å². The van der Waals surface area contributed by atoms with Gasteiger partial charge in [-0.3, -0.25) is 4.79 Å². The molecule has 2 aromatic heterocycles. The van der Waals surface area contributed by atoms with Crippen molar-refractivity contribution in [1.82, 2.24) is 25.1 Å². The van der Waals surface area contributed by atoms with Gasteiger partial charge in [0.2, 0.25) is 5.91 Å². The Bertz CT molecular complexity index is 877. The molecule has 2 heterocycles. The minimum Gasteiger partial charge on any atom is -0.493 e. The number of aryl methyl sites for hydroxylation is 1. The molecule has 0 saturated heterocycles. The van der Waals surface area contributed by atoms with Gasteiger partial charge in [0.1, 0.15) is 18.4 Å². The number of nitrogens with zero attached hydrogens (tertiary/aromatic N) is 4. The molecule has 1 aromatic carbocycles. The van der Waals surface area contributed by atoms with E-state index < -0.39 is 0 Å². The molecule has 3 aromatic rings. The number of ether oxygens (including phenoxy) is 1. The van der Waals surface area contributed by atoms with Gasteiger partial charge in [-0.25, -0.2) is 14.6 Å². The third-order valence-electron chi connectivity index (χ3n) is 4.12. The summed E-state index contributed by atoms with van der Waals surface area (Å²) in [5.74, 6) is 1.39. The van der Waals surface area contributed by atoms with E-state index in [9.17, 15) is 4.79 Å². The van der Waals surface area contributed by atoms with Crippen molar-refractivity contribution in [3.05, 3.63) is 65.9 Å². The Balaban J connectivity index is 1.51.